The molecule has 112 valence electrons. The number of likely N-dealkylation sites (tertiary alicyclic amines) is 1. The first-order chi connectivity index (χ1) is 9.74. The van der Waals surface area contributed by atoms with Gasteiger partial charge in [-0.1, -0.05) is 13.8 Å². The van der Waals surface area contributed by atoms with Crippen LogP contribution in [0.2, 0.25) is 0 Å². The molecule has 0 saturated carbocycles. The SMILES string of the molecule is CCNCc1cnc(N(C)C2CCN(CC)CC2)cn1. The molecule has 1 saturated heterocycles. The maximum atomic E-state index is 4.56. The van der Waals surface area contributed by atoms with Gasteiger partial charge in [-0.3, -0.25) is 4.98 Å². The summed E-state index contributed by atoms with van der Waals surface area (Å²) in [6.07, 6.45) is 6.21. The van der Waals surface area contributed by atoms with Gasteiger partial charge in [0.15, 0.2) is 0 Å². The smallest absolute Gasteiger partial charge is 0.147 e. The molecule has 0 amide bonds. The lowest BCUT2D eigenvalue weighted by molar-refractivity contribution is 0.220. The molecule has 1 aliphatic rings. The molecule has 1 N–H and O–H groups in total. The lowest BCUT2D eigenvalue weighted by Gasteiger charge is -2.36. The molecule has 0 spiro atoms. The van der Waals surface area contributed by atoms with Gasteiger partial charge < -0.3 is 15.1 Å². The predicted molar refractivity (Wildman–Crippen MR) is 83.0 cm³/mol. The van der Waals surface area contributed by atoms with Crippen molar-refractivity contribution in [2.75, 3.05) is 38.1 Å². The van der Waals surface area contributed by atoms with Crippen LogP contribution in [0.1, 0.15) is 32.4 Å². The van der Waals surface area contributed by atoms with Crippen LogP contribution in [-0.4, -0.2) is 54.1 Å². The number of piperidine rings is 1. The molecular weight excluding hydrogens is 250 g/mol. The van der Waals surface area contributed by atoms with E-state index < -0.39 is 0 Å². The zero-order chi connectivity index (χ0) is 14.4. The summed E-state index contributed by atoms with van der Waals surface area (Å²) >= 11 is 0. The number of nitrogens with zero attached hydrogens (tertiary/aromatic N) is 4. The van der Waals surface area contributed by atoms with Crippen molar-refractivity contribution >= 4 is 5.82 Å². The van der Waals surface area contributed by atoms with Gasteiger partial charge in [0, 0.05) is 32.7 Å². The van der Waals surface area contributed by atoms with Crippen LogP contribution in [0.15, 0.2) is 12.4 Å². The van der Waals surface area contributed by atoms with Crippen molar-refractivity contribution in [2.24, 2.45) is 0 Å². The monoisotopic (exact) mass is 277 g/mol. The summed E-state index contributed by atoms with van der Waals surface area (Å²) in [7, 11) is 2.14. The molecule has 0 bridgehead atoms. The minimum Gasteiger partial charge on any atom is -0.355 e. The second-order valence-electron chi connectivity index (χ2n) is 5.42. The summed E-state index contributed by atoms with van der Waals surface area (Å²) in [6.45, 7) is 9.63. The molecule has 1 aliphatic heterocycles. The second-order valence-corrected chi connectivity index (χ2v) is 5.42. The molecule has 20 heavy (non-hydrogen) atoms. The summed E-state index contributed by atoms with van der Waals surface area (Å²) in [4.78, 5) is 13.8. The molecule has 1 fully saturated rings. The van der Waals surface area contributed by atoms with E-state index >= 15 is 0 Å². The van der Waals surface area contributed by atoms with Crippen LogP contribution in [-0.2, 0) is 6.54 Å². The van der Waals surface area contributed by atoms with Crippen molar-refractivity contribution in [3.8, 4) is 0 Å². The maximum Gasteiger partial charge on any atom is 0.147 e. The highest BCUT2D eigenvalue weighted by molar-refractivity contribution is 5.36. The average molecular weight is 277 g/mol. The van der Waals surface area contributed by atoms with Gasteiger partial charge in [0.1, 0.15) is 5.82 Å². The minimum atomic E-state index is 0.590. The molecule has 2 heterocycles. The first kappa shape index (κ1) is 15.2. The highest BCUT2D eigenvalue weighted by Gasteiger charge is 2.22. The molecule has 0 aromatic carbocycles. The van der Waals surface area contributed by atoms with Gasteiger partial charge in [0.05, 0.1) is 18.1 Å². The Morgan fingerprint density at radius 1 is 1.25 bits per heavy atom. The Morgan fingerprint density at radius 2 is 2.00 bits per heavy atom. The van der Waals surface area contributed by atoms with Gasteiger partial charge in [-0.15, -0.1) is 0 Å². The third-order valence-corrected chi connectivity index (χ3v) is 4.16. The average Bonchev–Trinajstić information content (AvgIpc) is 2.53. The number of aromatic nitrogens is 2. The maximum absolute atomic E-state index is 4.56. The molecular formula is C15H27N5. The highest BCUT2D eigenvalue weighted by atomic mass is 15.2. The van der Waals surface area contributed by atoms with Crippen LogP contribution in [0.3, 0.4) is 0 Å². The van der Waals surface area contributed by atoms with Crippen molar-refractivity contribution in [3.05, 3.63) is 18.1 Å². The Kier molecular flexibility index (Phi) is 5.73. The van der Waals surface area contributed by atoms with E-state index in [1.165, 1.54) is 25.9 Å². The largest absolute Gasteiger partial charge is 0.355 e. The molecule has 5 heteroatoms. The molecule has 1 aromatic rings. The van der Waals surface area contributed by atoms with E-state index in [1.807, 2.05) is 12.4 Å². The van der Waals surface area contributed by atoms with Crippen molar-refractivity contribution < 1.29 is 0 Å². The summed E-state index contributed by atoms with van der Waals surface area (Å²) < 4.78 is 0. The number of nitrogens with one attached hydrogen (secondary N) is 1. The highest BCUT2D eigenvalue weighted by Crippen LogP contribution is 2.19. The Morgan fingerprint density at radius 3 is 2.55 bits per heavy atom. The van der Waals surface area contributed by atoms with E-state index in [2.05, 4.69) is 46.0 Å². The number of anilines is 1. The van der Waals surface area contributed by atoms with Crippen molar-refractivity contribution in [1.82, 2.24) is 20.2 Å². The zero-order valence-corrected chi connectivity index (χ0v) is 13.0. The van der Waals surface area contributed by atoms with Gasteiger partial charge >= 0.3 is 0 Å². The lowest BCUT2D eigenvalue weighted by Crippen LogP contribution is -2.43. The fraction of sp³-hybridized carbons (Fsp3) is 0.733. The number of hydrogen-bond donors (Lipinski definition) is 1. The topological polar surface area (TPSA) is 44.3 Å². The molecule has 0 radical (unpaired) electrons. The van der Waals surface area contributed by atoms with Crippen molar-refractivity contribution in [2.45, 2.75) is 39.3 Å². The van der Waals surface area contributed by atoms with Crippen LogP contribution >= 0.6 is 0 Å². The number of hydrogen-bond acceptors (Lipinski definition) is 5. The normalized spacial score (nSPS) is 17.4. The van der Waals surface area contributed by atoms with Crippen LogP contribution in [0.4, 0.5) is 5.82 Å². The van der Waals surface area contributed by atoms with E-state index in [9.17, 15) is 0 Å². The second kappa shape index (κ2) is 7.55. The van der Waals surface area contributed by atoms with Gasteiger partial charge in [0.25, 0.3) is 0 Å². The van der Waals surface area contributed by atoms with Crippen LogP contribution in [0.5, 0.6) is 0 Å². The Balaban J connectivity index is 1.90. The van der Waals surface area contributed by atoms with E-state index in [0.29, 0.717) is 6.04 Å². The van der Waals surface area contributed by atoms with Crippen LogP contribution in [0, 0.1) is 0 Å². The van der Waals surface area contributed by atoms with Crippen LogP contribution in [0.25, 0.3) is 0 Å². The minimum absolute atomic E-state index is 0.590. The molecule has 5 nitrogen and oxygen atoms in total. The fourth-order valence-corrected chi connectivity index (χ4v) is 2.68. The summed E-state index contributed by atoms with van der Waals surface area (Å²) in [5.41, 5.74) is 1.00. The molecule has 2 rings (SSSR count). The third-order valence-electron chi connectivity index (χ3n) is 4.16. The van der Waals surface area contributed by atoms with Crippen molar-refractivity contribution in [1.29, 1.82) is 0 Å². The Hall–Kier alpha value is -1.20. The summed E-state index contributed by atoms with van der Waals surface area (Å²) in [5.74, 6) is 0.986. The first-order valence-corrected chi connectivity index (χ1v) is 7.71. The van der Waals surface area contributed by atoms with Gasteiger partial charge in [0.2, 0.25) is 0 Å². The zero-order valence-electron chi connectivity index (χ0n) is 13.0. The fourth-order valence-electron chi connectivity index (χ4n) is 2.68. The Bertz CT molecular complexity index is 384. The quantitative estimate of drug-likeness (QED) is 0.854. The van der Waals surface area contributed by atoms with Gasteiger partial charge in [-0.25, -0.2) is 4.98 Å². The standard InChI is InChI=1S/C15H27N5/c1-4-16-10-13-11-18-15(12-17-13)19(3)14-6-8-20(5-2)9-7-14/h11-12,14,16H,4-10H2,1-3H3. The molecule has 0 unspecified atom stereocenters. The van der Waals surface area contributed by atoms with E-state index in [0.717, 1.165) is 31.1 Å². The van der Waals surface area contributed by atoms with E-state index in [-0.39, 0.29) is 0 Å². The first-order valence-electron chi connectivity index (χ1n) is 7.71. The molecule has 0 aliphatic carbocycles. The predicted octanol–water partition coefficient (Wildman–Crippen LogP) is 1.51. The molecule has 0 atom stereocenters. The van der Waals surface area contributed by atoms with Gasteiger partial charge in [-0.05, 0) is 25.9 Å². The molecule has 1 aromatic heterocycles. The third kappa shape index (κ3) is 3.90. The Labute approximate surface area is 122 Å². The van der Waals surface area contributed by atoms with E-state index in [4.69, 9.17) is 0 Å². The summed E-state index contributed by atoms with van der Waals surface area (Å²) in [6, 6.07) is 0.590. The van der Waals surface area contributed by atoms with Gasteiger partial charge in [-0.2, -0.15) is 0 Å². The summed E-state index contributed by atoms with van der Waals surface area (Å²) in [5, 5.41) is 3.27. The number of rotatable bonds is 6. The lowest BCUT2D eigenvalue weighted by atomic mass is 10.0. The van der Waals surface area contributed by atoms with E-state index in [1.54, 1.807) is 0 Å². The van der Waals surface area contributed by atoms with Crippen molar-refractivity contribution in [3.63, 3.8) is 0 Å². The van der Waals surface area contributed by atoms with Crippen LogP contribution < -0.4 is 10.2 Å².